The molecule has 2 atom stereocenters. The Morgan fingerprint density at radius 1 is 1.17 bits per heavy atom. The van der Waals surface area contributed by atoms with Crippen LogP contribution in [0.3, 0.4) is 0 Å². The first-order chi connectivity index (χ1) is 20.0. The maximum absolute atomic E-state index is 13.2. The lowest BCUT2D eigenvalue weighted by Gasteiger charge is -2.45. The van der Waals surface area contributed by atoms with Gasteiger partial charge in [0.25, 0.3) is 0 Å². The Bertz CT molecular complexity index is 1540. The fraction of sp³-hybridized carbons (Fsp3) is 0.281. The minimum atomic E-state index is -1.02. The summed E-state index contributed by atoms with van der Waals surface area (Å²) in [4.78, 5) is 22.2. The molecular formula is C32H32FN5O4. The topological polar surface area (TPSA) is 126 Å². The largest absolute Gasteiger partial charge is 0.618 e. The lowest BCUT2D eigenvalue weighted by molar-refractivity contribution is -0.595. The molecule has 0 saturated carbocycles. The molecule has 1 amide bonds. The lowest BCUT2D eigenvalue weighted by atomic mass is 9.80. The summed E-state index contributed by atoms with van der Waals surface area (Å²) in [6.07, 6.45) is 5.72. The van der Waals surface area contributed by atoms with Gasteiger partial charge in [0.05, 0.1) is 17.8 Å². The number of benzene rings is 2. The minimum absolute atomic E-state index is 0.259. The van der Waals surface area contributed by atoms with Crippen molar-refractivity contribution in [3.05, 3.63) is 119 Å². The van der Waals surface area contributed by atoms with E-state index in [-0.39, 0.29) is 6.04 Å². The number of aliphatic hydroxyl groups is 1. The first-order valence-corrected chi connectivity index (χ1v) is 13.4. The number of halogens is 1. The Labute approximate surface area is 244 Å². The summed E-state index contributed by atoms with van der Waals surface area (Å²) < 4.78 is 19.8. The first-order valence-electron chi connectivity index (χ1n) is 13.4. The van der Waals surface area contributed by atoms with Crippen LogP contribution in [-0.2, 0) is 10.3 Å². The lowest BCUT2D eigenvalue weighted by Crippen LogP contribution is -2.51. The predicted octanol–water partition coefficient (Wildman–Crippen LogP) is 5.43. The van der Waals surface area contributed by atoms with Gasteiger partial charge >= 0.3 is 6.09 Å². The number of nitriles is 1. The second-order valence-corrected chi connectivity index (χ2v) is 10.7. The Kier molecular flexibility index (Phi) is 9.13. The summed E-state index contributed by atoms with van der Waals surface area (Å²) >= 11 is 0. The van der Waals surface area contributed by atoms with Crippen LogP contribution in [0.4, 0.5) is 9.18 Å². The van der Waals surface area contributed by atoms with Gasteiger partial charge in [-0.15, -0.1) is 0 Å². The molecule has 1 aliphatic heterocycles. The summed E-state index contributed by atoms with van der Waals surface area (Å²) in [5.74, 6) is -0.594. The Balaban J connectivity index is 0.000000437. The fourth-order valence-electron chi connectivity index (χ4n) is 5.04. The van der Waals surface area contributed by atoms with Crippen molar-refractivity contribution in [2.75, 3.05) is 6.54 Å². The van der Waals surface area contributed by atoms with Crippen LogP contribution in [0.2, 0.25) is 0 Å². The SMILES string of the molecule is C[C@@H](c1ccc(-c2ccc(F)c[n+]2[O-])cc1)N1CC[C@](CC(C)(C)O)(c2ccccc2)OC1=O.N#Cc1cnccn1. The number of amides is 1. The van der Waals surface area contributed by atoms with E-state index in [4.69, 9.17) is 10.00 Å². The molecule has 4 aromatic rings. The average molecular weight is 570 g/mol. The Morgan fingerprint density at radius 3 is 2.43 bits per heavy atom. The molecule has 1 N–H and O–H groups in total. The van der Waals surface area contributed by atoms with Crippen LogP contribution in [0.25, 0.3) is 11.3 Å². The second kappa shape index (κ2) is 12.7. The number of nitrogens with zero attached hydrogens (tertiary/aromatic N) is 5. The minimum Gasteiger partial charge on any atom is -0.618 e. The van der Waals surface area contributed by atoms with Gasteiger partial charge in [-0.3, -0.25) is 4.98 Å². The molecule has 0 radical (unpaired) electrons. The van der Waals surface area contributed by atoms with Crippen LogP contribution in [0, 0.1) is 22.4 Å². The molecule has 3 heterocycles. The van der Waals surface area contributed by atoms with Gasteiger partial charge in [0.2, 0.25) is 11.9 Å². The molecule has 2 aromatic heterocycles. The number of pyridine rings is 1. The number of hydrogen-bond acceptors (Lipinski definition) is 7. The Morgan fingerprint density at radius 2 is 1.88 bits per heavy atom. The van der Waals surface area contributed by atoms with E-state index < -0.39 is 23.1 Å². The molecule has 0 unspecified atom stereocenters. The fourth-order valence-corrected chi connectivity index (χ4v) is 5.04. The number of rotatable bonds is 6. The van der Waals surface area contributed by atoms with Gasteiger partial charge in [0.15, 0.2) is 11.5 Å². The zero-order valence-corrected chi connectivity index (χ0v) is 23.6. The molecule has 42 heavy (non-hydrogen) atoms. The number of carbonyl (C=O) groups is 1. The first kappa shape index (κ1) is 30.1. The van der Waals surface area contributed by atoms with Crippen molar-refractivity contribution in [3.8, 4) is 17.3 Å². The highest BCUT2D eigenvalue weighted by molar-refractivity contribution is 5.70. The van der Waals surface area contributed by atoms with E-state index in [1.165, 1.54) is 30.7 Å². The molecule has 0 bridgehead atoms. The third-order valence-corrected chi connectivity index (χ3v) is 7.00. The number of aromatic nitrogens is 3. The summed E-state index contributed by atoms with van der Waals surface area (Å²) in [5, 5.41) is 30.7. The van der Waals surface area contributed by atoms with Crippen molar-refractivity contribution in [1.29, 1.82) is 5.26 Å². The molecule has 1 aliphatic rings. The van der Waals surface area contributed by atoms with Crippen LogP contribution in [-0.4, -0.2) is 38.2 Å². The zero-order valence-electron chi connectivity index (χ0n) is 23.6. The van der Waals surface area contributed by atoms with E-state index in [0.717, 1.165) is 17.3 Å². The van der Waals surface area contributed by atoms with Gasteiger partial charge in [-0.05, 0) is 50.1 Å². The molecular weight excluding hydrogens is 537 g/mol. The molecule has 1 saturated heterocycles. The van der Waals surface area contributed by atoms with Crippen molar-refractivity contribution in [2.24, 2.45) is 0 Å². The van der Waals surface area contributed by atoms with Gasteiger partial charge in [-0.25, -0.2) is 14.2 Å². The molecule has 0 aliphatic carbocycles. The van der Waals surface area contributed by atoms with Gasteiger partial charge in [0.1, 0.15) is 11.7 Å². The monoisotopic (exact) mass is 569 g/mol. The standard InChI is InChI=1S/C27H29FN2O4.C5H3N3/c1-19(20-9-11-21(12-10-20)24-14-13-23(28)17-30(24)33)29-16-15-27(34-25(29)31,18-26(2,3)32)22-7-5-4-6-8-22;6-3-5-4-7-1-2-8-5/h4-14,17,19,32H,15-16,18H2,1-3H3;1-2,4H/t19-,27-;/m0./s1. The molecule has 1 fully saturated rings. The number of carbonyl (C=O) groups excluding carboxylic acids is 1. The molecule has 2 aromatic carbocycles. The average Bonchev–Trinajstić information content (AvgIpc) is 2.97. The summed E-state index contributed by atoms with van der Waals surface area (Å²) in [7, 11) is 0. The third kappa shape index (κ3) is 7.25. The highest BCUT2D eigenvalue weighted by atomic mass is 19.1. The third-order valence-electron chi connectivity index (χ3n) is 7.00. The maximum atomic E-state index is 13.2. The number of cyclic esters (lactones) is 1. The second-order valence-electron chi connectivity index (χ2n) is 10.7. The van der Waals surface area contributed by atoms with Crippen molar-refractivity contribution >= 4 is 6.09 Å². The summed E-state index contributed by atoms with van der Waals surface area (Å²) in [6, 6.07) is 21.1. The molecule has 10 heteroatoms. The normalized spacial score (nSPS) is 17.3. The smallest absolute Gasteiger partial charge is 0.411 e. The van der Waals surface area contributed by atoms with Crippen molar-refractivity contribution < 1.29 is 23.8 Å². The van der Waals surface area contributed by atoms with Gasteiger partial charge in [0, 0.05) is 43.4 Å². The van der Waals surface area contributed by atoms with Crippen LogP contribution in [0.5, 0.6) is 0 Å². The van der Waals surface area contributed by atoms with E-state index in [1.807, 2.05) is 55.5 Å². The highest BCUT2D eigenvalue weighted by Gasteiger charge is 2.46. The Hall–Kier alpha value is -4.88. The summed E-state index contributed by atoms with van der Waals surface area (Å²) in [5.41, 5.74) is 1.19. The molecule has 5 rings (SSSR count). The van der Waals surface area contributed by atoms with Crippen LogP contribution in [0.15, 0.2) is 91.5 Å². The van der Waals surface area contributed by atoms with Crippen LogP contribution >= 0.6 is 0 Å². The van der Waals surface area contributed by atoms with Gasteiger partial charge in [-0.2, -0.15) is 9.99 Å². The highest BCUT2D eigenvalue weighted by Crippen LogP contribution is 2.42. The quantitative estimate of drug-likeness (QED) is 0.242. The van der Waals surface area contributed by atoms with E-state index in [2.05, 4.69) is 9.97 Å². The molecule has 0 spiro atoms. The van der Waals surface area contributed by atoms with Crippen LogP contribution < -0.4 is 4.73 Å². The van der Waals surface area contributed by atoms with Crippen molar-refractivity contribution in [3.63, 3.8) is 0 Å². The van der Waals surface area contributed by atoms with E-state index in [0.29, 0.717) is 41.1 Å². The van der Waals surface area contributed by atoms with Gasteiger partial charge in [-0.1, -0.05) is 42.5 Å². The van der Waals surface area contributed by atoms with E-state index >= 15 is 0 Å². The number of ether oxygens (including phenoxy) is 1. The zero-order chi connectivity index (χ0) is 30.3. The number of hydrogen-bond donors (Lipinski definition) is 1. The van der Waals surface area contributed by atoms with Crippen LogP contribution in [0.1, 0.15) is 56.5 Å². The maximum Gasteiger partial charge on any atom is 0.411 e. The van der Waals surface area contributed by atoms with E-state index in [1.54, 1.807) is 30.9 Å². The summed E-state index contributed by atoms with van der Waals surface area (Å²) in [6.45, 7) is 5.82. The molecule has 9 nitrogen and oxygen atoms in total. The van der Waals surface area contributed by atoms with Crippen molar-refractivity contribution in [2.45, 2.75) is 50.9 Å². The predicted molar refractivity (Wildman–Crippen MR) is 153 cm³/mol. The van der Waals surface area contributed by atoms with Gasteiger partial charge < -0.3 is 20.0 Å². The molecule has 216 valence electrons. The van der Waals surface area contributed by atoms with Crippen molar-refractivity contribution in [1.82, 2.24) is 14.9 Å². The van der Waals surface area contributed by atoms with E-state index in [9.17, 15) is 19.5 Å².